The van der Waals surface area contributed by atoms with Crippen LogP contribution in [0.15, 0.2) is 5.38 Å². The number of nitrogens with one attached hydrogen (secondary N) is 1. The summed E-state index contributed by atoms with van der Waals surface area (Å²) in [5.41, 5.74) is 1.04. The third kappa shape index (κ3) is 4.18. The normalized spacial score (nSPS) is 14.4. The van der Waals surface area contributed by atoms with E-state index in [9.17, 15) is 4.79 Å². The van der Waals surface area contributed by atoms with Crippen molar-refractivity contribution in [2.24, 2.45) is 0 Å². The SMILES string of the molecule is CCc1nc(CCNC(=O)N(CCO)C2CC2)cs1. The van der Waals surface area contributed by atoms with E-state index in [4.69, 9.17) is 5.11 Å². The second kappa shape index (κ2) is 6.86. The molecule has 2 amide bonds. The van der Waals surface area contributed by atoms with E-state index in [1.165, 1.54) is 0 Å². The van der Waals surface area contributed by atoms with Gasteiger partial charge in [0.25, 0.3) is 0 Å². The van der Waals surface area contributed by atoms with Crippen LogP contribution in [0.25, 0.3) is 0 Å². The van der Waals surface area contributed by atoms with Crippen molar-refractivity contribution < 1.29 is 9.90 Å². The first-order valence-electron chi connectivity index (χ1n) is 6.83. The van der Waals surface area contributed by atoms with Crippen LogP contribution in [-0.4, -0.2) is 46.8 Å². The standard InChI is InChI=1S/C13H21N3O2S/c1-2-12-15-10(9-19-12)5-6-14-13(18)16(7-8-17)11-3-4-11/h9,11,17H,2-8H2,1H3,(H,14,18). The maximum atomic E-state index is 12.0. The van der Waals surface area contributed by atoms with Crippen molar-refractivity contribution in [1.29, 1.82) is 0 Å². The van der Waals surface area contributed by atoms with Gasteiger partial charge in [-0.25, -0.2) is 9.78 Å². The van der Waals surface area contributed by atoms with Gasteiger partial charge in [-0.3, -0.25) is 0 Å². The second-order valence-corrected chi connectivity index (χ2v) is 5.66. The molecule has 0 aromatic carbocycles. The van der Waals surface area contributed by atoms with Crippen molar-refractivity contribution in [3.63, 3.8) is 0 Å². The summed E-state index contributed by atoms with van der Waals surface area (Å²) in [7, 11) is 0. The average Bonchev–Trinajstić information content (AvgIpc) is 3.15. The van der Waals surface area contributed by atoms with Crippen molar-refractivity contribution in [1.82, 2.24) is 15.2 Å². The van der Waals surface area contributed by atoms with Crippen LogP contribution < -0.4 is 5.32 Å². The first-order valence-corrected chi connectivity index (χ1v) is 7.71. The Bertz CT molecular complexity index is 418. The highest BCUT2D eigenvalue weighted by Gasteiger charge is 2.31. The van der Waals surface area contributed by atoms with E-state index in [1.54, 1.807) is 16.2 Å². The molecule has 1 aromatic heterocycles. The van der Waals surface area contributed by atoms with Gasteiger partial charge in [0, 0.05) is 30.9 Å². The summed E-state index contributed by atoms with van der Waals surface area (Å²) in [6.07, 6.45) is 3.83. The van der Waals surface area contributed by atoms with Gasteiger partial charge in [0.1, 0.15) is 0 Å². The minimum atomic E-state index is -0.0671. The molecule has 1 aliphatic rings. The van der Waals surface area contributed by atoms with Crippen LogP contribution in [0.2, 0.25) is 0 Å². The maximum absolute atomic E-state index is 12.0. The molecule has 106 valence electrons. The summed E-state index contributed by atoms with van der Waals surface area (Å²) in [6.45, 7) is 3.14. The number of nitrogens with zero attached hydrogens (tertiary/aromatic N) is 2. The van der Waals surface area contributed by atoms with Crippen molar-refractivity contribution in [3.05, 3.63) is 16.1 Å². The van der Waals surface area contributed by atoms with Gasteiger partial charge in [0.15, 0.2) is 0 Å². The second-order valence-electron chi connectivity index (χ2n) is 4.72. The molecule has 1 saturated carbocycles. The molecule has 1 fully saturated rings. The van der Waals surface area contributed by atoms with Gasteiger partial charge in [0.2, 0.25) is 0 Å². The highest BCUT2D eigenvalue weighted by Crippen LogP contribution is 2.26. The number of amides is 2. The number of rotatable bonds is 7. The van der Waals surface area contributed by atoms with Crippen LogP contribution >= 0.6 is 11.3 Å². The molecule has 0 unspecified atom stereocenters. The molecule has 0 aliphatic heterocycles. The number of carbonyl (C=O) groups excluding carboxylic acids is 1. The van der Waals surface area contributed by atoms with Gasteiger partial charge in [0.05, 0.1) is 17.3 Å². The van der Waals surface area contributed by atoms with E-state index in [-0.39, 0.29) is 12.6 Å². The predicted molar refractivity (Wildman–Crippen MR) is 75.4 cm³/mol. The summed E-state index contributed by atoms with van der Waals surface area (Å²) in [6, 6.07) is 0.264. The van der Waals surface area contributed by atoms with Gasteiger partial charge < -0.3 is 15.3 Å². The molecule has 2 N–H and O–H groups in total. The predicted octanol–water partition coefficient (Wildman–Crippen LogP) is 1.41. The van der Waals surface area contributed by atoms with E-state index < -0.39 is 0 Å². The number of aliphatic hydroxyl groups excluding tert-OH is 1. The fourth-order valence-corrected chi connectivity index (χ4v) is 2.75. The minimum absolute atomic E-state index is 0.0237. The molecule has 19 heavy (non-hydrogen) atoms. The molecule has 0 bridgehead atoms. The van der Waals surface area contributed by atoms with Crippen molar-refractivity contribution in [2.75, 3.05) is 19.7 Å². The molecule has 2 rings (SSSR count). The lowest BCUT2D eigenvalue weighted by Gasteiger charge is -2.21. The van der Waals surface area contributed by atoms with Crippen molar-refractivity contribution in [2.45, 2.75) is 38.6 Å². The largest absolute Gasteiger partial charge is 0.395 e. The molecule has 0 saturated heterocycles. The van der Waals surface area contributed by atoms with E-state index in [0.29, 0.717) is 19.1 Å². The summed E-state index contributed by atoms with van der Waals surface area (Å²) in [4.78, 5) is 18.2. The Morgan fingerprint density at radius 2 is 2.42 bits per heavy atom. The Hall–Kier alpha value is -1.14. The van der Waals surface area contributed by atoms with E-state index in [2.05, 4.69) is 22.6 Å². The smallest absolute Gasteiger partial charge is 0.317 e. The third-order valence-electron chi connectivity index (χ3n) is 3.15. The highest BCUT2D eigenvalue weighted by atomic mass is 32.1. The first kappa shape index (κ1) is 14.3. The monoisotopic (exact) mass is 283 g/mol. The number of aromatic nitrogens is 1. The van der Waals surface area contributed by atoms with Crippen LogP contribution in [0.1, 0.15) is 30.5 Å². The highest BCUT2D eigenvalue weighted by molar-refractivity contribution is 7.09. The van der Waals surface area contributed by atoms with Crippen LogP contribution in [0.4, 0.5) is 4.79 Å². The Morgan fingerprint density at radius 3 is 3.00 bits per heavy atom. The summed E-state index contributed by atoms with van der Waals surface area (Å²) in [5, 5.41) is 15.1. The van der Waals surface area contributed by atoms with Crippen LogP contribution in [0.5, 0.6) is 0 Å². The first-order chi connectivity index (χ1) is 9.24. The molecule has 0 spiro atoms. The van der Waals surface area contributed by atoms with Gasteiger partial charge >= 0.3 is 6.03 Å². The average molecular weight is 283 g/mol. The van der Waals surface area contributed by atoms with E-state index >= 15 is 0 Å². The summed E-state index contributed by atoms with van der Waals surface area (Å²) >= 11 is 1.67. The number of thiazole rings is 1. The van der Waals surface area contributed by atoms with Gasteiger partial charge in [-0.1, -0.05) is 6.92 Å². The Morgan fingerprint density at radius 1 is 1.63 bits per heavy atom. The van der Waals surface area contributed by atoms with E-state index in [0.717, 1.165) is 36.4 Å². The molecule has 1 heterocycles. The van der Waals surface area contributed by atoms with Gasteiger partial charge in [-0.05, 0) is 19.3 Å². The molecular formula is C13H21N3O2S. The summed E-state index contributed by atoms with van der Waals surface area (Å²) < 4.78 is 0. The zero-order valence-corrected chi connectivity index (χ0v) is 12.1. The topological polar surface area (TPSA) is 65.5 Å². The Labute approximate surface area is 117 Å². The molecule has 0 radical (unpaired) electrons. The zero-order chi connectivity index (χ0) is 13.7. The number of urea groups is 1. The van der Waals surface area contributed by atoms with Gasteiger partial charge in [-0.2, -0.15) is 0 Å². The number of hydrogen-bond acceptors (Lipinski definition) is 4. The number of aryl methyl sites for hydroxylation is 1. The van der Waals surface area contributed by atoms with Crippen LogP contribution in [0.3, 0.4) is 0 Å². The number of carbonyl (C=O) groups is 1. The zero-order valence-electron chi connectivity index (χ0n) is 11.3. The van der Waals surface area contributed by atoms with Crippen molar-refractivity contribution in [3.8, 4) is 0 Å². The molecular weight excluding hydrogens is 262 g/mol. The van der Waals surface area contributed by atoms with Gasteiger partial charge in [-0.15, -0.1) is 11.3 Å². The lowest BCUT2D eigenvalue weighted by Crippen LogP contribution is -2.43. The molecule has 1 aromatic rings. The quantitative estimate of drug-likeness (QED) is 0.795. The van der Waals surface area contributed by atoms with E-state index in [1.807, 2.05) is 0 Å². The van der Waals surface area contributed by atoms with Crippen molar-refractivity contribution >= 4 is 17.4 Å². The Kier molecular flexibility index (Phi) is 5.15. The molecule has 1 aliphatic carbocycles. The minimum Gasteiger partial charge on any atom is -0.395 e. The molecule has 6 heteroatoms. The maximum Gasteiger partial charge on any atom is 0.317 e. The lowest BCUT2D eigenvalue weighted by atomic mass is 10.3. The molecule has 5 nitrogen and oxygen atoms in total. The third-order valence-corrected chi connectivity index (χ3v) is 4.19. The fourth-order valence-electron chi connectivity index (χ4n) is 1.97. The fraction of sp³-hybridized carbons (Fsp3) is 0.692. The molecule has 0 atom stereocenters. The number of hydrogen-bond donors (Lipinski definition) is 2. The van der Waals surface area contributed by atoms with Crippen LogP contribution in [0, 0.1) is 0 Å². The number of aliphatic hydroxyl groups is 1. The van der Waals surface area contributed by atoms with Crippen LogP contribution in [-0.2, 0) is 12.8 Å². The lowest BCUT2D eigenvalue weighted by molar-refractivity contribution is 0.174. The summed E-state index contributed by atoms with van der Waals surface area (Å²) in [5.74, 6) is 0. The Balaban J connectivity index is 1.73.